The van der Waals surface area contributed by atoms with Gasteiger partial charge in [0.05, 0.1) is 17.9 Å². The highest BCUT2D eigenvalue weighted by atomic mass is 16.4. The number of piperidine rings is 1. The van der Waals surface area contributed by atoms with Gasteiger partial charge in [0, 0.05) is 12.1 Å². The van der Waals surface area contributed by atoms with Gasteiger partial charge in [-0.05, 0) is 38.1 Å². The lowest BCUT2D eigenvalue weighted by molar-refractivity contribution is 0.0688. The van der Waals surface area contributed by atoms with Crippen molar-refractivity contribution in [2.75, 3.05) is 13.1 Å². The van der Waals surface area contributed by atoms with Crippen LogP contribution in [0.5, 0.6) is 0 Å². The SMILES string of the molecule is O=C(O)c1nnn(Cc2ccccn2)c1C1CCNCC1. The summed E-state index contributed by atoms with van der Waals surface area (Å²) in [6.45, 7) is 2.22. The smallest absolute Gasteiger partial charge is 0.358 e. The maximum Gasteiger partial charge on any atom is 0.358 e. The molecule has 2 aromatic rings. The maximum atomic E-state index is 11.4. The minimum atomic E-state index is -1.02. The lowest BCUT2D eigenvalue weighted by atomic mass is 9.93. The number of carbonyl (C=O) groups is 1. The van der Waals surface area contributed by atoms with Crippen LogP contribution in [0.15, 0.2) is 24.4 Å². The molecule has 3 rings (SSSR count). The second kappa shape index (κ2) is 6.01. The second-order valence-corrected chi connectivity index (χ2v) is 5.13. The minimum Gasteiger partial charge on any atom is -0.476 e. The zero-order chi connectivity index (χ0) is 14.7. The van der Waals surface area contributed by atoms with E-state index in [4.69, 9.17) is 0 Å². The summed E-state index contributed by atoms with van der Waals surface area (Å²) in [5.74, 6) is -0.841. The molecule has 0 saturated carbocycles. The second-order valence-electron chi connectivity index (χ2n) is 5.13. The number of nitrogens with one attached hydrogen (secondary N) is 1. The van der Waals surface area contributed by atoms with Crippen LogP contribution >= 0.6 is 0 Å². The molecule has 0 spiro atoms. The van der Waals surface area contributed by atoms with Crippen molar-refractivity contribution in [3.8, 4) is 0 Å². The Morgan fingerprint density at radius 2 is 2.19 bits per heavy atom. The summed E-state index contributed by atoms with van der Waals surface area (Å²) in [7, 11) is 0. The molecule has 110 valence electrons. The Kier molecular flexibility index (Phi) is 3.92. The molecular weight excluding hydrogens is 270 g/mol. The van der Waals surface area contributed by atoms with Crippen molar-refractivity contribution in [3.63, 3.8) is 0 Å². The zero-order valence-electron chi connectivity index (χ0n) is 11.6. The van der Waals surface area contributed by atoms with Gasteiger partial charge in [0.15, 0.2) is 5.69 Å². The lowest BCUT2D eigenvalue weighted by Crippen LogP contribution is -2.29. The van der Waals surface area contributed by atoms with E-state index in [0.717, 1.165) is 37.3 Å². The van der Waals surface area contributed by atoms with Gasteiger partial charge in [-0.25, -0.2) is 9.48 Å². The van der Waals surface area contributed by atoms with Gasteiger partial charge in [0.25, 0.3) is 0 Å². The van der Waals surface area contributed by atoms with Crippen LogP contribution in [0.3, 0.4) is 0 Å². The molecule has 1 fully saturated rings. The van der Waals surface area contributed by atoms with Gasteiger partial charge >= 0.3 is 5.97 Å². The number of nitrogens with zero attached hydrogens (tertiary/aromatic N) is 4. The van der Waals surface area contributed by atoms with E-state index in [1.54, 1.807) is 10.9 Å². The van der Waals surface area contributed by atoms with Crippen LogP contribution in [0.1, 0.15) is 40.6 Å². The van der Waals surface area contributed by atoms with Crippen LogP contribution in [0, 0.1) is 0 Å². The standard InChI is InChI=1S/C14H17N5O2/c20-14(21)12-13(10-4-7-15-8-5-10)19(18-17-12)9-11-3-1-2-6-16-11/h1-3,6,10,15H,4-5,7-9H2,(H,20,21). The number of carboxylic acids is 1. The van der Waals surface area contributed by atoms with Crippen molar-refractivity contribution >= 4 is 5.97 Å². The quantitative estimate of drug-likeness (QED) is 0.867. The topological polar surface area (TPSA) is 92.9 Å². The summed E-state index contributed by atoms with van der Waals surface area (Å²) >= 11 is 0. The van der Waals surface area contributed by atoms with E-state index in [2.05, 4.69) is 20.6 Å². The van der Waals surface area contributed by atoms with E-state index in [-0.39, 0.29) is 11.6 Å². The number of aromatic carboxylic acids is 1. The first kappa shape index (κ1) is 13.7. The Labute approximate surface area is 122 Å². The molecule has 21 heavy (non-hydrogen) atoms. The largest absolute Gasteiger partial charge is 0.476 e. The van der Waals surface area contributed by atoms with Crippen molar-refractivity contribution in [3.05, 3.63) is 41.5 Å². The molecule has 0 atom stereocenters. The number of pyridine rings is 1. The van der Waals surface area contributed by atoms with Crippen molar-refractivity contribution in [1.29, 1.82) is 0 Å². The molecule has 7 heteroatoms. The van der Waals surface area contributed by atoms with E-state index in [0.29, 0.717) is 6.54 Å². The summed E-state index contributed by atoms with van der Waals surface area (Å²) in [5, 5.41) is 20.5. The summed E-state index contributed by atoms with van der Waals surface area (Å²) in [4.78, 5) is 15.6. The van der Waals surface area contributed by atoms with Crippen LogP contribution in [0.25, 0.3) is 0 Å². The molecule has 7 nitrogen and oxygen atoms in total. The molecule has 1 aliphatic rings. The predicted octanol–water partition coefficient (Wildman–Crippen LogP) is 0.887. The van der Waals surface area contributed by atoms with Gasteiger partial charge in [-0.3, -0.25) is 4.98 Å². The van der Waals surface area contributed by atoms with Gasteiger partial charge in [-0.2, -0.15) is 0 Å². The minimum absolute atomic E-state index is 0.0674. The van der Waals surface area contributed by atoms with Crippen LogP contribution in [0.2, 0.25) is 0 Å². The normalized spacial score (nSPS) is 16.0. The van der Waals surface area contributed by atoms with E-state index in [1.807, 2.05) is 18.2 Å². The Bertz CT molecular complexity index is 620. The molecule has 1 aliphatic heterocycles. The van der Waals surface area contributed by atoms with E-state index < -0.39 is 5.97 Å². The third kappa shape index (κ3) is 2.92. The number of carboxylic acid groups (broad SMARTS) is 1. The molecule has 3 heterocycles. The molecule has 2 aromatic heterocycles. The van der Waals surface area contributed by atoms with Gasteiger partial charge in [-0.15, -0.1) is 5.10 Å². The summed E-state index contributed by atoms with van der Waals surface area (Å²) in [5.41, 5.74) is 1.63. The molecule has 0 amide bonds. The Morgan fingerprint density at radius 3 is 2.86 bits per heavy atom. The molecule has 0 aromatic carbocycles. The van der Waals surface area contributed by atoms with Crippen LogP contribution < -0.4 is 5.32 Å². The maximum absolute atomic E-state index is 11.4. The fraction of sp³-hybridized carbons (Fsp3) is 0.429. The van der Waals surface area contributed by atoms with Crippen LogP contribution in [-0.4, -0.2) is 44.1 Å². The molecule has 0 aliphatic carbocycles. The highest BCUT2D eigenvalue weighted by Gasteiger charge is 2.27. The molecule has 0 bridgehead atoms. The molecule has 0 unspecified atom stereocenters. The van der Waals surface area contributed by atoms with Crippen LogP contribution in [-0.2, 0) is 6.54 Å². The zero-order valence-corrected chi connectivity index (χ0v) is 11.6. The average molecular weight is 287 g/mol. The highest BCUT2D eigenvalue weighted by molar-refractivity contribution is 5.86. The summed E-state index contributed by atoms with van der Waals surface area (Å²) in [6.07, 6.45) is 3.51. The first-order valence-corrected chi connectivity index (χ1v) is 7.03. The highest BCUT2D eigenvalue weighted by Crippen LogP contribution is 2.27. The first-order valence-electron chi connectivity index (χ1n) is 7.03. The number of hydrogen-bond acceptors (Lipinski definition) is 5. The van der Waals surface area contributed by atoms with Crippen molar-refractivity contribution < 1.29 is 9.90 Å². The third-order valence-electron chi connectivity index (χ3n) is 3.74. The first-order chi connectivity index (χ1) is 10.3. The van der Waals surface area contributed by atoms with E-state index in [9.17, 15) is 9.90 Å². The fourth-order valence-electron chi connectivity index (χ4n) is 2.73. The molecule has 1 saturated heterocycles. The van der Waals surface area contributed by atoms with E-state index >= 15 is 0 Å². The Morgan fingerprint density at radius 1 is 1.38 bits per heavy atom. The van der Waals surface area contributed by atoms with Gasteiger partial charge < -0.3 is 10.4 Å². The van der Waals surface area contributed by atoms with Crippen molar-refractivity contribution in [1.82, 2.24) is 25.3 Å². The number of rotatable bonds is 4. The monoisotopic (exact) mass is 287 g/mol. The molecule has 0 radical (unpaired) electrons. The summed E-state index contributed by atoms with van der Waals surface area (Å²) < 4.78 is 1.68. The molecular formula is C14H17N5O2. The number of aromatic nitrogens is 4. The molecule has 2 N–H and O–H groups in total. The summed E-state index contributed by atoms with van der Waals surface area (Å²) in [6, 6.07) is 5.65. The predicted molar refractivity (Wildman–Crippen MR) is 75.2 cm³/mol. The average Bonchev–Trinajstić information content (AvgIpc) is 2.93. The van der Waals surface area contributed by atoms with Gasteiger partial charge in [-0.1, -0.05) is 11.3 Å². The van der Waals surface area contributed by atoms with Crippen molar-refractivity contribution in [2.24, 2.45) is 0 Å². The third-order valence-corrected chi connectivity index (χ3v) is 3.74. The van der Waals surface area contributed by atoms with Gasteiger partial charge in [0.1, 0.15) is 0 Å². The van der Waals surface area contributed by atoms with Gasteiger partial charge in [0.2, 0.25) is 0 Å². The van der Waals surface area contributed by atoms with Crippen LogP contribution in [0.4, 0.5) is 0 Å². The van der Waals surface area contributed by atoms with Crippen molar-refractivity contribution in [2.45, 2.75) is 25.3 Å². The fourth-order valence-corrected chi connectivity index (χ4v) is 2.73. The lowest BCUT2D eigenvalue weighted by Gasteiger charge is -2.23. The Balaban J connectivity index is 1.94. The van der Waals surface area contributed by atoms with E-state index in [1.165, 1.54) is 0 Å². The number of hydrogen-bond donors (Lipinski definition) is 2. The Hall–Kier alpha value is -2.28.